The van der Waals surface area contributed by atoms with Crippen molar-refractivity contribution in [2.45, 2.75) is 39.0 Å². The zero-order valence-electron chi connectivity index (χ0n) is 10.0. The lowest BCUT2D eigenvalue weighted by Crippen LogP contribution is -1.93. The van der Waals surface area contributed by atoms with E-state index in [1.165, 1.54) is 12.2 Å². The van der Waals surface area contributed by atoms with Gasteiger partial charge in [0.25, 0.3) is 0 Å². The molecule has 0 amide bonds. The molecular formula is C13H22O2S. The third kappa shape index (κ3) is 13.3. The van der Waals surface area contributed by atoms with Crippen LogP contribution in [0.2, 0.25) is 0 Å². The zero-order chi connectivity index (χ0) is 12.1. The molecule has 0 spiro atoms. The third-order valence-corrected chi connectivity index (χ3v) is 3.09. The lowest BCUT2D eigenvalue weighted by molar-refractivity contribution is -0.137. The maximum Gasteiger partial charge on any atom is 0.303 e. The first-order valence-electron chi connectivity index (χ1n) is 5.84. The van der Waals surface area contributed by atoms with Gasteiger partial charge >= 0.3 is 5.97 Å². The van der Waals surface area contributed by atoms with E-state index in [9.17, 15) is 4.79 Å². The van der Waals surface area contributed by atoms with Crippen LogP contribution in [0.25, 0.3) is 0 Å². The van der Waals surface area contributed by atoms with E-state index in [1.807, 2.05) is 30.8 Å². The number of allylic oxidation sites excluding steroid dienone is 3. The van der Waals surface area contributed by atoms with Gasteiger partial charge in [0.15, 0.2) is 0 Å². The molecule has 3 heteroatoms. The summed E-state index contributed by atoms with van der Waals surface area (Å²) in [7, 11) is 0. The van der Waals surface area contributed by atoms with Gasteiger partial charge < -0.3 is 5.11 Å². The van der Waals surface area contributed by atoms with Crippen LogP contribution in [0.3, 0.4) is 0 Å². The summed E-state index contributed by atoms with van der Waals surface area (Å²) in [4.78, 5) is 10.2. The molecule has 0 aromatic rings. The highest BCUT2D eigenvalue weighted by molar-refractivity contribution is 7.99. The summed E-state index contributed by atoms with van der Waals surface area (Å²) in [5.74, 6) is 1.57. The highest BCUT2D eigenvalue weighted by Crippen LogP contribution is 2.08. The Morgan fingerprint density at radius 3 is 2.62 bits per heavy atom. The van der Waals surface area contributed by atoms with E-state index in [1.54, 1.807) is 0 Å². The zero-order valence-corrected chi connectivity index (χ0v) is 10.8. The van der Waals surface area contributed by atoms with Crippen LogP contribution in [0.5, 0.6) is 0 Å². The molecule has 2 nitrogen and oxygen atoms in total. The van der Waals surface area contributed by atoms with E-state index in [0.717, 1.165) is 25.0 Å². The Balaban J connectivity index is 3.07. The summed E-state index contributed by atoms with van der Waals surface area (Å²) in [6, 6.07) is 0. The van der Waals surface area contributed by atoms with Gasteiger partial charge in [-0.2, -0.15) is 11.8 Å². The highest BCUT2D eigenvalue weighted by atomic mass is 32.2. The fourth-order valence-corrected chi connectivity index (χ4v) is 2.05. The van der Waals surface area contributed by atoms with Crippen molar-refractivity contribution >= 4 is 17.7 Å². The second-order valence-electron chi connectivity index (χ2n) is 3.59. The normalized spacial score (nSPS) is 11.6. The molecule has 1 N–H and O–H groups in total. The minimum Gasteiger partial charge on any atom is -0.481 e. The Morgan fingerprint density at radius 2 is 1.94 bits per heavy atom. The van der Waals surface area contributed by atoms with Gasteiger partial charge in [-0.25, -0.2) is 0 Å². The average molecular weight is 242 g/mol. The number of hydrogen-bond donors (Lipinski definition) is 1. The summed E-state index contributed by atoms with van der Waals surface area (Å²) in [5, 5.41) is 8.44. The van der Waals surface area contributed by atoms with Crippen LogP contribution < -0.4 is 0 Å². The predicted molar refractivity (Wildman–Crippen MR) is 72.0 cm³/mol. The summed E-state index contributed by atoms with van der Waals surface area (Å²) >= 11 is 1.93. The number of carbonyl (C=O) groups is 1. The van der Waals surface area contributed by atoms with Crippen LogP contribution in [-0.4, -0.2) is 22.6 Å². The van der Waals surface area contributed by atoms with Crippen molar-refractivity contribution in [2.75, 3.05) is 11.5 Å². The van der Waals surface area contributed by atoms with Gasteiger partial charge in [0.2, 0.25) is 0 Å². The van der Waals surface area contributed by atoms with Crippen molar-refractivity contribution in [1.82, 2.24) is 0 Å². The van der Waals surface area contributed by atoms with Gasteiger partial charge in [-0.3, -0.25) is 4.79 Å². The molecule has 0 radical (unpaired) electrons. The smallest absolute Gasteiger partial charge is 0.303 e. The molecule has 0 unspecified atom stereocenters. The van der Waals surface area contributed by atoms with E-state index in [2.05, 4.69) is 12.2 Å². The standard InChI is InChI=1S/C13H22O2S/c1-2-3-4-8-11-16-12-9-6-5-7-10-13(14)15/h2-4,8H,5-7,9-12H2,1H3,(H,14,15). The molecule has 16 heavy (non-hydrogen) atoms. The summed E-state index contributed by atoms with van der Waals surface area (Å²) in [5.41, 5.74) is 0. The summed E-state index contributed by atoms with van der Waals surface area (Å²) in [6.07, 6.45) is 12.8. The topological polar surface area (TPSA) is 37.3 Å². The van der Waals surface area contributed by atoms with Crippen molar-refractivity contribution in [1.29, 1.82) is 0 Å². The first-order valence-corrected chi connectivity index (χ1v) is 7.00. The van der Waals surface area contributed by atoms with Crippen molar-refractivity contribution in [3.63, 3.8) is 0 Å². The molecule has 0 bridgehead atoms. The van der Waals surface area contributed by atoms with Crippen LogP contribution >= 0.6 is 11.8 Å². The summed E-state index contributed by atoms with van der Waals surface area (Å²) in [6.45, 7) is 2.01. The van der Waals surface area contributed by atoms with E-state index in [4.69, 9.17) is 5.11 Å². The number of unbranched alkanes of at least 4 members (excludes halogenated alkanes) is 3. The number of carboxylic acids is 1. The molecule has 0 aromatic carbocycles. The van der Waals surface area contributed by atoms with E-state index < -0.39 is 5.97 Å². The van der Waals surface area contributed by atoms with Gasteiger partial charge in [-0.15, -0.1) is 0 Å². The van der Waals surface area contributed by atoms with Crippen molar-refractivity contribution in [3.8, 4) is 0 Å². The van der Waals surface area contributed by atoms with Crippen LogP contribution in [0.15, 0.2) is 24.3 Å². The molecular weight excluding hydrogens is 220 g/mol. The maximum atomic E-state index is 10.2. The van der Waals surface area contributed by atoms with Crippen LogP contribution in [0, 0.1) is 0 Å². The average Bonchev–Trinajstić information content (AvgIpc) is 2.25. The van der Waals surface area contributed by atoms with Crippen LogP contribution in [0.1, 0.15) is 39.0 Å². The largest absolute Gasteiger partial charge is 0.481 e. The Morgan fingerprint density at radius 1 is 1.19 bits per heavy atom. The Labute approximate surface area is 103 Å². The quantitative estimate of drug-likeness (QED) is 0.466. The number of aliphatic carboxylic acids is 1. The monoisotopic (exact) mass is 242 g/mol. The Bertz CT molecular complexity index is 222. The lowest BCUT2D eigenvalue weighted by Gasteiger charge is -1.99. The fourth-order valence-electron chi connectivity index (χ4n) is 1.23. The number of hydrogen-bond acceptors (Lipinski definition) is 2. The second kappa shape index (κ2) is 12.4. The van der Waals surface area contributed by atoms with Crippen LogP contribution in [0.4, 0.5) is 0 Å². The molecule has 0 saturated carbocycles. The second-order valence-corrected chi connectivity index (χ2v) is 4.74. The molecule has 0 rings (SSSR count). The minimum absolute atomic E-state index is 0.319. The van der Waals surface area contributed by atoms with E-state index in [-0.39, 0.29) is 0 Å². The molecule has 0 atom stereocenters. The molecule has 0 fully saturated rings. The molecule has 0 aliphatic rings. The van der Waals surface area contributed by atoms with Gasteiger partial charge in [0.1, 0.15) is 0 Å². The number of carboxylic acid groups (broad SMARTS) is 1. The lowest BCUT2D eigenvalue weighted by atomic mass is 10.2. The Hall–Kier alpha value is -0.700. The summed E-state index contributed by atoms with van der Waals surface area (Å²) < 4.78 is 0. The van der Waals surface area contributed by atoms with E-state index in [0.29, 0.717) is 6.42 Å². The van der Waals surface area contributed by atoms with Gasteiger partial charge in [-0.05, 0) is 25.5 Å². The number of thioether (sulfide) groups is 1. The first kappa shape index (κ1) is 15.3. The SMILES string of the molecule is CC=CC=CCSCCCCCCC(=O)O. The number of rotatable bonds is 10. The van der Waals surface area contributed by atoms with Gasteiger partial charge in [-0.1, -0.05) is 37.1 Å². The highest BCUT2D eigenvalue weighted by Gasteiger charge is 1.95. The minimum atomic E-state index is -0.677. The molecule has 0 aliphatic carbocycles. The molecule has 0 aliphatic heterocycles. The maximum absolute atomic E-state index is 10.2. The van der Waals surface area contributed by atoms with Crippen molar-refractivity contribution in [2.24, 2.45) is 0 Å². The molecule has 92 valence electrons. The van der Waals surface area contributed by atoms with Crippen LogP contribution in [-0.2, 0) is 4.79 Å². The van der Waals surface area contributed by atoms with Gasteiger partial charge in [0, 0.05) is 12.2 Å². The van der Waals surface area contributed by atoms with E-state index >= 15 is 0 Å². The van der Waals surface area contributed by atoms with Gasteiger partial charge in [0.05, 0.1) is 0 Å². The molecule has 0 aromatic heterocycles. The molecule has 0 saturated heterocycles. The van der Waals surface area contributed by atoms with Crippen molar-refractivity contribution in [3.05, 3.63) is 24.3 Å². The molecule has 0 heterocycles. The first-order chi connectivity index (χ1) is 7.77. The fraction of sp³-hybridized carbons (Fsp3) is 0.615. The van der Waals surface area contributed by atoms with Crippen molar-refractivity contribution < 1.29 is 9.90 Å². The predicted octanol–water partition coefficient (Wildman–Crippen LogP) is 3.89. The third-order valence-electron chi connectivity index (χ3n) is 2.08. The Kier molecular flexibility index (Phi) is 11.8.